The van der Waals surface area contributed by atoms with Crippen molar-refractivity contribution in [1.82, 2.24) is 0 Å². The highest BCUT2D eigenvalue weighted by Crippen LogP contribution is 2.27. The van der Waals surface area contributed by atoms with Crippen LogP contribution in [-0.4, -0.2) is 23.6 Å². The maximum atomic E-state index is 11.6. The number of halogens is 3. The molecule has 0 N–H and O–H groups in total. The summed E-state index contributed by atoms with van der Waals surface area (Å²) < 4.78 is 0. The van der Waals surface area contributed by atoms with Crippen molar-refractivity contribution in [3.05, 3.63) is 28.8 Å². The number of hydrogen-bond acceptors (Lipinski definition) is 2. The quantitative estimate of drug-likeness (QED) is 0.804. The Hall–Kier alpha value is -0.770. The van der Waals surface area contributed by atoms with Crippen LogP contribution in [0, 0.1) is 6.92 Å². The number of benzene rings is 1. The molecular weight excluding hydrogens is 284 g/mol. The summed E-state index contributed by atoms with van der Waals surface area (Å²) in [4.78, 5) is 24.3. The zero-order valence-corrected chi connectivity index (χ0v) is 11.3. The number of hydrogen-bond donors (Lipinski definition) is 0. The molecule has 0 saturated carbocycles. The van der Waals surface area contributed by atoms with E-state index in [-0.39, 0.29) is 11.8 Å². The van der Waals surface area contributed by atoms with Crippen molar-refractivity contribution in [1.29, 1.82) is 0 Å². The van der Waals surface area contributed by atoms with E-state index in [1.165, 1.54) is 0 Å². The summed E-state index contributed by atoms with van der Waals surface area (Å²) in [5.74, 6) is -1.64. The van der Waals surface area contributed by atoms with Crippen LogP contribution >= 0.6 is 34.8 Å². The number of anilines is 1. The highest BCUT2D eigenvalue weighted by molar-refractivity contribution is 6.38. The van der Waals surface area contributed by atoms with Crippen molar-refractivity contribution >= 4 is 52.3 Å². The van der Waals surface area contributed by atoms with Gasteiger partial charge in [0, 0.05) is 5.02 Å². The zero-order valence-electron chi connectivity index (χ0n) is 9.04. The monoisotopic (exact) mass is 293 g/mol. The van der Waals surface area contributed by atoms with Crippen LogP contribution < -0.4 is 4.90 Å². The molecule has 0 aliphatic rings. The molecular formula is C11H10Cl3NO2. The second kappa shape index (κ2) is 6.24. The smallest absolute Gasteiger partial charge is 0.248 e. The molecule has 0 radical (unpaired) electrons. The van der Waals surface area contributed by atoms with Gasteiger partial charge in [0.05, 0.1) is 5.69 Å². The Labute approximate surface area is 114 Å². The van der Waals surface area contributed by atoms with E-state index >= 15 is 0 Å². The SMILES string of the molecule is Cc1c(Cl)cccc1N(C(=O)CCl)C(=O)CCl. The predicted molar refractivity (Wildman–Crippen MR) is 70.1 cm³/mol. The first kappa shape index (κ1) is 14.3. The number of alkyl halides is 2. The number of amides is 2. The van der Waals surface area contributed by atoms with Crippen LogP contribution in [0.25, 0.3) is 0 Å². The van der Waals surface area contributed by atoms with E-state index in [1.54, 1.807) is 25.1 Å². The van der Waals surface area contributed by atoms with Gasteiger partial charge in [-0.25, -0.2) is 4.90 Å². The van der Waals surface area contributed by atoms with Crippen LogP contribution in [0.1, 0.15) is 5.56 Å². The maximum Gasteiger partial charge on any atom is 0.248 e. The Balaban J connectivity index is 3.27. The molecule has 92 valence electrons. The second-order valence-electron chi connectivity index (χ2n) is 3.27. The average molecular weight is 295 g/mol. The first-order chi connectivity index (χ1) is 8.02. The van der Waals surface area contributed by atoms with Crippen molar-refractivity contribution in [3.63, 3.8) is 0 Å². The molecule has 0 heterocycles. The van der Waals surface area contributed by atoms with Crippen molar-refractivity contribution in [2.45, 2.75) is 6.92 Å². The average Bonchev–Trinajstić information content (AvgIpc) is 2.34. The molecule has 0 spiro atoms. The van der Waals surface area contributed by atoms with Gasteiger partial charge in [0.1, 0.15) is 11.8 Å². The molecule has 0 unspecified atom stereocenters. The van der Waals surface area contributed by atoms with Crippen molar-refractivity contribution < 1.29 is 9.59 Å². The molecule has 0 atom stereocenters. The molecule has 3 nitrogen and oxygen atoms in total. The van der Waals surface area contributed by atoms with Crippen molar-refractivity contribution in [3.8, 4) is 0 Å². The lowest BCUT2D eigenvalue weighted by Crippen LogP contribution is -2.39. The van der Waals surface area contributed by atoms with E-state index in [4.69, 9.17) is 34.8 Å². The van der Waals surface area contributed by atoms with E-state index in [0.29, 0.717) is 16.3 Å². The highest BCUT2D eigenvalue weighted by atomic mass is 35.5. The summed E-state index contributed by atoms with van der Waals surface area (Å²) >= 11 is 16.9. The minimum atomic E-state index is -0.525. The van der Waals surface area contributed by atoms with Gasteiger partial charge in [-0.2, -0.15) is 0 Å². The van der Waals surface area contributed by atoms with Gasteiger partial charge in [-0.15, -0.1) is 23.2 Å². The van der Waals surface area contributed by atoms with Gasteiger partial charge in [0.2, 0.25) is 11.8 Å². The van der Waals surface area contributed by atoms with Gasteiger partial charge in [-0.05, 0) is 24.6 Å². The van der Waals surface area contributed by atoms with Gasteiger partial charge in [0.25, 0.3) is 0 Å². The lowest BCUT2D eigenvalue weighted by Gasteiger charge is -2.21. The van der Waals surface area contributed by atoms with Gasteiger partial charge in [-0.3, -0.25) is 9.59 Å². The van der Waals surface area contributed by atoms with Crippen LogP contribution in [0.2, 0.25) is 5.02 Å². The fourth-order valence-electron chi connectivity index (χ4n) is 1.37. The zero-order chi connectivity index (χ0) is 13.0. The number of carbonyl (C=O) groups excluding carboxylic acids is 2. The van der Waals surface area contributed by atoms with Gasteiger partial charge >= 0.3 is 0 Å². The number of rotatable bonds is 3. The van der Waals surface area contributed by atoms with Gasteiger partial charge in [0.15, 0.2) is 0 Å². The van der Waals surface area contributed by atoms with E-state index in [9.17, 15) is 9.59 Å². The molecule has 0 saturated heterocycles. The van der Waals surface area contributed by atoms with Crippen LogP contribution in [0.5, 0.6) is 0 Å². The first-order valence-corrected chi connectivity index (χ1v) is 6.20. The molecule has 0 fully saturated rings. The van der Waals surface area contributed by atoms with Crippen LogP contribution in [0.3, 0.4) is 0 Å². The summed E-state index contributed by atoms with van der Waals surface area (Å²) in [7, 11) is 0. The summed E-state index contributed by atoms with van der Waals surface area (Å²) in [6, 6.07) is 4.95. The molecule has 0 aliphatic carbocycles. The van der Waals surface area contributed by atoms with Gasteiger partial charge in [-0.1, -0.05) is 17.7 Å². The third-order valence-corrected chi connectivity index (χ3v) is 3.07. The third-order valence-electron chi connectivity index (χ3n) is 2.21. The summed E-state index contributed by atoms with van der Waals surface area (Å²) in [5.41, 5.74) is 1.04. The fourth-order valence-corrected chi connectivity index (χ4v) is 1.77. The lowest BCUT2D eigenvalue weighted by atomic mass is 10.1. The molecule has 1 aromatic rings. The minimum Gasteiger partial charge on any atom is -0.273 e. The molecule has 0 aliphatic heterocycles. The Morgan fingerprint density at radius 3 is 2.18 bits per heavy atom. The molecule has 1 rings (SSSR count). The Bertz CT molecular complexity index is 432. The summed E-state index contributed by atoms with van der Waals surface area (Å²) in [6.07, 6.45) is 0. The predicted octanol–water partition coefficient (Wildman–Crippen LogP) is 2.99. The Kier molecular flexibility index (Phi) is 5.25. The number of imide groups is 1. The van der Waals surface area contributed by atoms with Crippen molar-refractivity contribution in [2.75, 3.05) is 16.7 Å². The van der Waals surface area contributed by atoms with E-state index in [0.717, 1.165) is 4.90 Å². The first-order valence-electron chi connectivity index (χ1n) is 4.75. The molecule has 2 amide bonds. The normalized spacial score (nSPS) is 10.1. The Morgan fingerprint density at radius 2 is 1.71 bits per heavy atom. The lowest BCUT2D eigenvalue weighted by molar-refractivity contribution is -0.123. The molecule has 17 heavy (non-hydrogen) atoms. The van der Waals surface area contributed by atoms with E-state index in [1.807, 2.05) is 0 Å². The van der Waals surface area contributed by atoms with E-state index in [2.05, 4.69) is 0 Å². The number of nitrogens with zero attached hydrogens (tertiary/aromatic N) is 1. The van der Waals surface area contributed by atoms with Crippen LogP contribution in [0.15, 0.2) is 18.2 Å². The Morgan fingerprint density at radius 1 is 1.18 bits per heavy atom. The van der Waals surface area contributed by atoms with Crippen molar-refractivity contribution in [2.24, 2.45) is 0 Å². The minimum absolute atomic E-state index is 0.297. The molecule has 6 heteroatoms. The molecule has 0 aromatic heterocycles. The van der Waals surface area contributed by atoms with E-state index < -0.39 is 11.8 Å². The summed E-state index contributed by atoms with van der Waals surface area (Å²) in [6.45, 7) is 1.72. The summed E-state index contributed by atoms with van der Waals surface area (Å²) in [5, 5.41) is 0.470. The second-order valence-corrected chi connectivity index (χ2v) is 4.22. The largest absolute Gasteiger partial charge is 0.273 e. The molecule has 1 aromatic carbocycles. The number of carbonyl (C=O) groups is 2. The van der Waals surface area contributed by atoms with Gasteiger partial charge < -0.3 is 0 Å². The standard InChI is InChI=1S/C11H10Cl3NO2/c1-7-8(14)3-2-4-9(7)15(10(16)5-12)11(17)6-13/h2-4H,5-6H2,1H3. The molecule has 0 bridgehead atoms. The third kappa shape index (κ3) is 3.12. The van der Waals surface area contributed by atoms with Crippen LogP contribution in [-0.2, 0) is 9.59 Å². The maximum absolute atomic E-state index is 11.6. The van der Waals surface area contributed by atoms with Crippen LogP contribution in [0.4, 0.5) is 5.69 Å². The topological polar surface area (TPSA) is 37.4 Å². The highest BCUT2D eigenvalue weighted by Gasteiger charge is 2.23. The fraction of sp³-hybridized carbons (Fsp3) is 0.273.